The predicted octanol–water partition coefficient (Wildman–Crippen LogP) is 26.3. The minimum Gasteiger partial charge on any atom is -1.00 e. The third kappa shape index (κ3) is 22.7. The number of rotatable bonds is 18. The summed E-state index contributed by atoms with van der Waals surface area (Å²) in [6, 6.07) is 24.3. The average molecular weight is 1960 g/mol. The van der Waals surface area contributed by atoms with E-state index < -0.39 is 37.9 Å². The van der Waals surface area contributed by atoms with Crippen LogP contribution in [-0.4, -0.2) is 116 Å². The maximum absolute atomic E-state index is 13.4. The summed E-state index contributed by atoms with van der Waals surface area (Å²) in [5, 5.41) is 9.13. The summed E-state index contributed by atoms with van der Waals surface area (Å²) in [7, 11) is -6.67. The number of carbonyl (C=O) groups is 1. The van der Waals surface area contributed by atoms with Gasteiger partial charge in [-0.3, -0.25) is 4.79 Å². The molecule has 0 atom stereocenters. The van der Waals surface area contributed by atoms with Gasteiger partial charge in [-0.15, -0.1) is 11.3 Å². The normalized spacial score (nSPS) is 12.1. The molecule has 15 rings (SSSR count). The van der Waals surface area contributed by atoms with Crippen molar-refractivity contribution in [3.8, 4) is 11.3 Å². The number of hydrogen-bond donors (Lipinski definition) is 5. The Kier molecular flexibility index (Phi) is 37.2. The summed E-state index contributed by atoms with van der Waals surface area (Å²) in [6.45, 7) is 56.2. The van der Waals surface area contributed by atoms with E-state index in [2.05, 4.69) is 324 Å². The molecule has 0 aliphatic rings. The molecule has 0 spiro atoms. The van der Waals surface area contributed by atoms with Crippen LogP contribution < -0.4 is 35.3 Å². The first kappa shape index (κ1) is 101. The van der Waals surface area contributed by atoms with E-state index in [1.54, 1.807) is 36.9 Å². The van der Waals surface area contributed by atoms with Gasteiger partial charge in [0.2, 0.25) is 0 Å². The summed E-state index contributed by atoms with van der Waals surface area (Å²) >= 11 is 18.0. The monoisotopic (exact) mass is 1960 g/mol. The SMILES string of the molecule is Brc1cnc2[nH]ccc2c1.CC(C)[Si](C(C)C)(C(C)C)n1ccc2cc(Br)cnc21.CC(C)[Si](C(C)C)(C(C)C)n1ccc2cc(F)cnc21.CC(C)[Si](C(C)C)(C(C)C)n1ccc2cccnc21.CC(C)[Si](Cl)(C(C)C)C(C)C.Fc1cnc2[nH]ccc2c1.Nc1nc(-c2c[nH]c3ncc(F)cc23)cs1.O=C(CBr)c1c[nH]c2ncc(F)cc12.[H-].[Na+]. The molecule has 15 aromatic rings. The molecule has 0 saturated carbocycles. The topological polar surface area (TPSA) is 224 Å². The molecule has 0 saturated heterocycles. The van der Waals surface area contributed by atoms with Gasteiger partial charge in [-0.2, -0.15) is 11.1 Å². The number of ketones is 1. The molecule has 15 heterocycles. The second-order valence-electron chi connectivity index (χ2n) is 34.2. The Balaban J connectivity index is 0.000000218. The third-order valence-corrected chi connectivity index (χ3v) is 55.1. The maximum atomic E-state index is 13.4. The van der Waals surface area contributed by atoms with Crippen molar-refractivity contribution in [3.63, 3.8) is 0 Å². The Morgan fingerprint density at radius 1 is 0.446 bits per heavy atom. The number of nitrogens with one attached hydrogen (secondary N) is 4. The number of anilines is 1. The van der Waals surface area contributed by atoms with Crippen LogP contribution >= 0.6 is 70.2 Å². The summed E-state index contributed by atoms with van der Waals surface area (Å²) in [6.07, 6.45) is 24.0. The largest absolute Gasteiger partial charge is 1.00 e. The smallest absolute Gasteiger partial charge is 1.00 e. The Morgan fingerprint density at radius 2 is 0.802 bits per heavy atom. The fourth-order valence-electron chi connectivity index (χ4n) is 19.1. The number of pyridine rings is 7. The van der Waals surface area contributed by atoms with Gasteiger partial charge in [-0.1, -0.05) is 182 Å². The van der Waals surface area contributed by atoms with Crippen molar-refractivity contribution < 1.29 is 53.3 Å². The fraction of sp³-hybridized carbons (Fsp3) is 0.411. The number of H-pyrrole nitrogens is 4. The second-order valence-corrected chi connectivity index (χ2v) is 61.7. The summed E-state index contributed by atoms with van der Waals surface area (Å²) in [5.74, 6) is -1.46. The summed E-state index contributed by atoms with van der Waals surface area (Å²) in [5.41, 5.74) is 21.7. The van der Waals surface area contributed by atoms with E-state index >= 15 is 0 Å². The fourth-order valence-corrected chi connectivity index (χ4v) is 44.3. The number of nitrogens with zero attached hydrogens (tertiary/aromatic N) is 11. The first-order valence-corrected chi connectivity index (χ1v) is 54.5. The second kappa shape index (κ2) is 44.4. The van der Waals surface area contributed by atoms with Crippen molar-refractivity contribution in [3.05, 3.63) is 209 Å². The number of aromatic nitrogens is 15. The van der Waals surface area contributed by atoms with E-state index in [0.29, 0.717) is 99.3 Å². The number of alkyl halides is 1. The van der Waals surface area contributed by atoms with E-state index in [0.717, 1.165) is 65.1 Å². The van der Waals surface area contributed by atoms with Gasteiger partial charge in [-0.25, -0.2) is 57.4 Å². The van der Waals surface area contributed by atoms with Crippen LogP contribution in [0.5, 0.6) is 0 Å². The quantitative estimate of drug-likeness (QED) is 0.0180. The molecular weight excluding hydrogens is 1840 g/mol. The Hall–Kier alpha value is -6.75. The average Bonchev–Trinajstić information content (AvgIpc) is 1.58. The molecule has 0 bridgehead atoms. The van der Waals surface area contributed by atoms with E-state index in [1.165, 1.54) is 64.5 Å². The van der Waals surface area contributed by atoms with Gasteiger partial charge in [0.25, 0.3) is 0 Å². The number of nitrogens with two attached hydrogens (primary N) is 1. The molecule has 121 heavy (non-hydrogen) atoms. The molecule has 0 unspecified atom stereocenters. The van der Waals surface area contributed by atoms with Crippen LogP contribution in [0.3, 0.4) is 0 Å². The number of hydrogen-bond acceptors (Lipinski definition) is 11. The van der Waals surface area contributed by atoms with Crippen LogP contribution in [0, 0.1) is 23.3 Å². The van der Waals surface area contributed by atoms with E-state index in [1.807, 2.05) is 48.2 Å². The van der Waals surface area contributed by atoms with Crippen LogP contribution in [-0.2, 0) is 0 Å². The number of fused-ring (bicyclic) bond motifs is 7. The van der Waals surface area contributed by atoms with Crippen molar-refractivity contribution in [2.24, 2.45) is 0 Å². The molecule has 0 aromatic carbocycles. The van der Waals surface area contributed by atoms with Crippen LogP contribution in [0.15, 0.2) is 180 Å². The van der Waals surface area contributed by atoms with Gasteiger partial charge >= 0.3 is 29.6 Å². The Morgan fingerprint density at radius 3 is 1.23 bits per heavy atom. The third-order valence-electron chi connectivity index (χ3n) is 23.6. The molecular formula is C90H121Br3ClF4N16NaOSSi4. The van der Waals surface area contributed by atoms with Crippen LogP contribution in [0.4, 0.5) is 22.7 Å². The molecule has 646 valence electrons. The number of aromatic amines is 4. The van der Waals surface area contributed by atoms with Crippen LogP contribution in [0.1, 0.15) is 178 Å². The minimum atomic E-state index is -1.80. The minimum absolute atomic E-state index is 0. The van der Waals surface area contributed by atoms with E-state index in [4.69, 9.17) is 21.8 Å². The van der Waals surface area contributed by atoms with Gasteiger partial charge in [0.15, 0.2) is 43.0 Å². The van der Waals surface area contributed by atoms with Gasteiger partial charge in [0.1, 0.15) is 62.8 Å². The van der Waals surface area contributed by atoms with Crippen molar-refractivity contribution >= 4 is 190 Å². The molecule has 31 heteroatoms. The van der Waals surface area contributed by atoms with Crippen LogP contribution in [0.25, 0.3) is 88.5 Å². The number of nitrogen functional groups attached to an aromatic ring is 1. The van der Waals surface area contributed by atoms with Crippen molar-refractivity contribution in [2.45, 2.75) is 233 Å². The van der Waals surface area contributed by atoms with Gasteiger partial charge < -0.3 is 39.8 Å². The number of Topliss-reactive ketones (excluding diaryl/α,β-unsaturated/α-hetero) is 1. The van der Waals surface area contributed by atoms with Crippen LogP contribution in [0.2, 0.25) is 66.5 Å². The molecule has 0 radical (unpaired) electrons. The number of thiazole rings is 1. The molecule has 0 aliphatic heterocycles. The molecule has 0 aliphatic carbocycles. The molecule has 0 amide bonds. The zero-order chi connectivity index (χ0) is 88.8. The first-order chi connectivity index (χ1) is 56.6. The molecule has 17 nitrogen and oxygen atoms in total. The molecule has 6 N–H and O–H groups in total. The van der Waals surface area contributed by atoms with Crippen molar-refractivity contribution in [2.75, 3.05) is 11.1 Å². The molecule has 15 aromatic heterocycles. The number of carbonyl (C=O) groups excluding carboxylic acids is 1. The number of halogens is 8. The van der Waals surface area contributed by atoms with Gasteiger partial charge in [0, 0.05) is 107 Å². The Labute approximate surface area is 772 Å². The predicted molar refractivity (Wildman–Crippen MR) is 520 cm³/mol. The standard InChI is InChI=1S/C16H25BrN2Si.C16H25FN2Si.C16H26N2Si.C10H7FN4S.C9H6BrFN2O.C9H21ClSi.C7H5BrN2.C7H5FN2.Na.H/c2*1-11(2)20(12(3)4,13(5)6)19-8-7-14-9-15(17)10-18-16(14)19;1-12(2)19(13(3)4,14(5)6)18-11-9-15-8-7-10-17-16(15)18;11-5-1-6-7(3-14-9(6)13-2-5)8-4-16-10(12)15-8;10-2-8(14)7-4-13-9-6(7)1-5(11)3-12-9;1-7(2)11(10,8(3)4)9(5)6;2*8-6-3-5-1-2-9-7(5)10-4-6;;/h2*7-13H,1-6H3;7-14H,1-6H3;1-4H,(H2,12,15)(H,13,14);1,3-4H,2H2,(H,12,13);7-9H,1-6H3;2*1-4H,(H,9,10);;/q;;;;;;;;+1;-1. The zero-order valence-corrected chi connectivity index (χ0v) is 87.0. The Bertz CT molecular complexity index is 5560. The maximum Gasteiger partial charge on any atom is 1.00 e. The van der Waals surface area contributed by atoms with E-state index in [-0.39, 0.29) is 59.5 Å². The van der Waals surface area contributed by atoms with Crippen molar-refractivity contribution in [1.29, 1.82) is 0 Å². The summed E-state index contributed by atoms with van der Waals surface area (Å²) in [4.78, 5) is 56.7. The zero-order valence-electron chi connectivity index (χ0n) is 75.6. The molecule has 0 fully saturated rings. The van der Waals surface area contributed by atoms with Gasteiger partial charge in [-0.05, 0) is 196 Å². The first-order valence-electron chi connectivity index (χ1n) is 41.2. The van der Waals surface area contributed by atoms with Gasteiger partial charge in [0.05, 0.1) is 35.8 Å². The van der Waals surface area contributed by atoms with Crippen molar-refractivity contribution in [1.82, 2.24) is 72.5 Å². The summed E-state index contributed by atoms with van der Waals surface area (Å²) < 4.78 is 61.3. The van der Waals surface area contributed by atoms with E-state index in [9.17, 15) is 22.4 Å².